The van der Waals surface area contributed by atoms with E-state index in [1.165, 1.54) is 7.11 Å². The maximum Gasteiger partial charge on any atom is 0.337 e. The van der Waals surface area contributed by atoms with E-state index in [1.807, 2.05) is 42.5 Å². The summed E-state index contributed by atoms with van der Waals surface area (Å²) in [5, 5.41) is 0. The molecule has 0 spiro atoms. The van der Waals surface area contributed by atoms with Gasteiger partial charge in [0.1, 0.15) is 0 Å². The Bertz CT molecular complexity index is 562. The Morgan fingerprint density at radius 1 is 1.17 bits per heavy atom. The van der Waals surface area contributed by atoms with Crippen LogP contribution < -0.4 is 0 Å². The van der Waals surface area contributed by atoms with Crippen molar-refractivity contribution in [2.75, 3.05) is 7.11 Å². The van der Waals surface area contributed by atoms with Crippen molar-refractivity contribution in [2.24, 2.45) is 0 Å². The highest BCUT2D eigenvalue weighted by molar-refractivity contribution is 5.89. The van der Waals surface area contributed by atoms with Gasteiger partial charge in [0.15, 0.2) is 0 Å². The number of hydrogen-bond acceptors (Lipinski definition) is 3. The number of aromatic nitrogens is 1. The number of rotatable bonds is 3. The molecule has 90 valence electrons. The average Bonchev–Trinajstić information content (AvgIpc) is 2.45. The summed E-state index contributed by atoms with van der Waals surface area (Å²) >= 11 is 0. The second-order valence-corrected chi connectivity index (χ2v) is 3.70. The van der Waals surface area contributed by atoms with Crippen molar-refractivity contribution in [1.29, 1.82) is 0 Å². The van der Waals surface area contributed by atoms with Gasteiger partial charge in [0, 0.05) is 6.20 Å². The number of carbonyl (C=O) groups is 1. The Kier molecular flexibility index (Phi) is 3.86. The molecule has 1 aromatic carbocycles. The average molecular weight is 239 g/mol. The molecule has 2 aromatic rings. The number of esters is 1. The lowest BCUT2D eigenvalue weighted by atomic mass is 10.1. The molecular formula is C15H13NO2. The van der Waals surface area contributed by atoms with Gasteiger partial charge in [0.05, 0.1) is 18.4 Å². The predicted octanol–water partition coefficient (Wildman–Crippen LogP) is 3.04. The minimum atomic E-state index is -0.355. The van der Waals surface area contributed by atoms with Gasteiger partial charge in [-0.15, -0.1) is 0 Å². The third-order valence-electron chi connectivity index (χ3n) is 2.45. The van der Waals surface area contributed by atoms with E-state index >= 15 is 0 Å². The fraction of sp³-hybridized carbons (Fsp3) is 0.0667. The molecule has 3 nitrogen and oxygen atoms in total. The number of benzene rings is 1. The highest BCUT2D eigenvalue weighted by atomic mass is 16.5. The molecule has 0 saturated carbocycles. The molecule has 0 bridgehead atoms. The van der Waals surface area contributed by atoms with Crippen molar-refractivity contribution in [3.8, 4) is 0 Å². The van der Waals surface area contributed by atoms with Crippen LogP contribution in [-0.2, 0) is 4.74 Å². The Morgan fingerprint density at radius 2 is 1.94 bits per heavy atom. The second kappa shape index (κ2) is 5.77. The molecular weight excluding hydrogens is 226 g/mol. The summed E-state index contributed by atoms with van der Waals surface area (Å²) in [5.41, 5.74) is 2.31. The van der Waals surface area contributed by atoms with Crippen molar-refractivity contribution >= 4 is 18.1 Å². The van der Waals surface area contributed by atoms with E-state index in [2.05, 4.69) is 9.72 Å². The summed E-state index contributed by atoms with van der Waals surface area (Å²) in [6.45, 7) is 0. The molecule has 0 unspecified atom stereocenters. The van der Waals surface area contributed by atoms with Gasteiger partial charge >= 0.3 is 5.97 Å². The zero-order valence-electron chi connectivity index (χ0n) is 10.0. The lowest BCUT2D eigenvalue weighted by Gasteiger charge is -1.99. The first kappa shape index (κ1) is 12.0. The molecule has 1 heterocycles. The van der Waals surface area contributed by atoms with E-state index in [4.69, 9.17) is 0 Å². The van der Waals surface area contributed by atoms with E-state index in [0.29, 0.717) is 5.56 Å². The number of pyridine rings is 1. The van der Waals surface area contributed by atoms with Crippen molar-refractivity contribution < 1.29 is 9.53 Å². The number of ether oxygens (including phenoxy) is 1. The number of carbonyl (C=O) groups excluding carboxylic acids is 1. The maximum absolute atomic E-state index is 11.4. The summed E-state index contributed by atoms with van der Waals surface area (Å²) in [4.78, 5) is 15.5. The number of hydrogen-bond donors (Lipinski definition) is 0. The zero-order chi connectivity index (χ0) is 12.8. The first-order valence-corrected chi connectivity index (χ1v) is 5.57. The third kappa shape index (κ3) is 3.04. The van der Waals surface area contributed by atoms with Gasteiger partial charge in [0.25, 0.3) is 0 Å². The van der Waals surface area contributed by atoms with Gasteiger partial charge in [-0.1, -0.05) is 36.4 Å². The fourth-order valence-corrected chi connectivity index (χ4v) is 1.53. The van der Waals surface area contributed by atoms with Crippen LogP contribution in [0, 0.1) is 0 Å². The Balaban J connectivity index is 2.20. The van der Waals surface area contributed by atoms with Crippen LogP contribution in [0.4, 0.5) is 0 Å². The van der Waals surface area contributed by atoms with E-state index in [-0.39, 0.29) is 5.97 Å². The molecule has 0 amide bonds. The second-order valence-electron chi connectivity index (χ2n) is 3.70. The molecule has 0 fully saturated rings. The van der Waals surface area contributed by atoms with Crippen LogP contribution in [0.25, 0.3) is 12.2 Å². The Labute approximate surface area is 106 Å². The van der Waals surface area contributed by atoms with Gasteiger partial charge in [0.2, 0.25) is 0 Å². The van der Waals surface area contributed by atoms with Crippen molar-refractivity contribution in [1.82, 2.24) is 4.98 Å². The molecule has 18 heavy (non-hydrogen) atoms. The molecule has 0 saturated heterocycles. The number of methoxy groups -OCH3 is 1. The quantitative estimate of drug-likeness (QED) is 0.773. The lowest BCUT2D eigenvalue weighted by Crippen LogP contribution is -2.01. The van der Waals surface area contributed by atoms with Gasteiger partial charge in [-0.25, -0.2) is 4.79 Å². The first-order valence-electron chi connectivity index (χ1n) is 5.57. The Morgan fingerprint density at radius 3 is 2.67 bits per heavy atom. The molecule has 1 aromatic heterocycles. The largest absolute Gasteiger partial charge is 0.465 e. The minimum absolute atomic E-state index is 0.355. The van der Waals surface area contributed by atoms with E-state index in [0.717, 1.165) is 11.3 Å². The monoisotopic (exact) mass is 239 g/mol. The van der Waals surface area contributed by atoms with Crippen molar-refractivity contribution in [2.45, 2.75) is 0 Å². The lowest BCUT2D eigenvalue weighted by molar-refractivity contribution is 0.0600. The minimum Gasteiger partial charge on any atom is -0.465 e. The Hall–Kier alpha value is -2.42. The zero-order valence-corrected chi connectivity index (χ0v) is 10.0. The fourth-order valence-electron chi connectivity index (χ4n) is 1.53. The van der Waals surface area contributed by atoms with E-state index in [1.54, 1.807) is 18.3 Å². The molecule has 0 aliphatic carbocycles. The van der Waals surface area contributed by atoms with Crippen molar-refractivity contribution in [3.63, 3.8) is 0 Å². The number of nitrogens with zero attached hydrogens (tertiary/aromatic N) is 1. The van der Waals surface area contributed by atoms with Crippen LogP contribution in [0.1, 0.15) is 21.6 Å². The normalized spacial score (nSPS) is 10.5. The van der Waals surface area contributed by atoms with Crippen LogP contribution in [0.2, 0.25) is 0 Å². The third-order valence-corrected chi connectivity index (χ3v) is 2.45. The van der Waals surface area contributed by atoms with E-state index < -0.39 is 0 Å². The van der Waals surface area contributed by atoms with Crippen molar-refractivity contribution in [3.05, 3.63) is 65.5 Å². The molecule has 0 atom stereocenters. The molecule has 0 aliphatic heterocycles. The summed E-state index contributed by atoms with van der Waals surface area (Å²) < 4.78 is 4.66. The maximum atomic E-state index is 11.4. The van der Waals surface area contributed by atoms with Gasteiger partial charge in [-0.3, -0.25) is 4.98 Å². The SMILES string of the molecule is COC(=O)c1ccnc(C=Cc2ccccc2)c1. The molecule has 0 aliphatic rings. The van der Waals surface area contributed by atoms with Crippen LogP contribution in [0.5, 0.6) is 0 Å². The standard InChI is InChI=1S/C15H13NO2/c1-18-15(17)13-9-10-16-14(11-13)8-7-12-5-3-2-4-6-12/h2-11H,1H3. The highest BCUT2D eigenvalue weighted by Gasteiger charge is 2.04. The van der Waals surface area contributed by atoms with Gasteiger partial charge < -0.3 is 4.74 Å². The summed E-state index contributed by atoms with van der Waals surface area (Å²) in [6, 6.07) is 13.2. The van der Waals surface area contributed by atoms with Crippen LogP contribution in [0.3, 0.4) is 0 Å². The smallest absolute Gasteiger partial charge is 0.337 e. The molecule has 0 N–H and O–H groups in total. The van der Waals surface area contributed by atoms with Gasteiger partial charge in [-0.05, 0) is 23.8 Å². The molecule has 0 radical (unpaired) electrons. The summed E-state index contributed by atoms with van der Waals surface area (Å²) in [7, 11) is 1.36. The van der Waals surface area contributed by atoms with Crippen LogP contribution in [0.15, 0.2) is 48.7 Å². The van der Waals surface area contributed by atoms with E-state index in [9.17, 15) is 4.79 Å². The highest BCUT2D eigenvalue weighted by Crippen LogP contribution is 2.08. The van der Waals surface area contributed by atoms with Crippen LogP contribution >= 0.6 is 0 Å². The summed E-state index contributed by atoms with van der Waals surface area (Å²) in [6.07, 6.45) is 5.40. The van der Waals surface area contributed by atoms with Crippen LogP contribution in [-0.4, -0.2) is 18.1 Å². The predicted molar refractivity (Wildman–Crippen MR) is 70.9 cm³/mol. The summed E-state index contributed by atoms with van der Waals surface area (Å²) in [5.74, 6) is -0.355. The topological polar surface area (TPSA) is 39.2 Å². The molecule has 2 rings (SSSR count). The first-order chi connectivity index (χ1) is 8.79. The van der Waals surface area contributed by atoms with Gasteiger partial charge in [-0.2, -0.15) is 0 Å². The molecule has 3 heteroatoms.